The third-order valence-electron chi connectivity index (χ3n) is 3.46. The highest BCUT2D eigenvalue weighted by molar-refractivity contribution is 5.80. The number of hydrogen-bond donors (Lipinski definition) is 1. The van der Waals surface area contributed by atoms with Gasteiger partial charge < -0.3 is 10.2 Å². The highest BCUT2D eigenvalue weighted by atomic mass is 15.3. The third-order valence-corrected chi connectivity index (χ3v) is 3.46. The molecule has 0 bridgehead atoms. The standard InChI is InChI=1S/C14H25N5/c1-4-15-13(18-10-6-14(2,3)12-18)16-8-11-19-9-5-7-17-19/h5,7,9H,4,6,8,10-12H2,1-3H3,(H,15,16). The van der Waals surface area contributed by atoms with Crippen LogP contribution >= 0.6 is 0 Å². The summed E-state index contributed by atoms with van der Waals surface area (Å²) in [5.74, 6) is 1.04. The molecule has 106 valence electrons. The summed E-state index contributed by atoms with van der Waals surface area (Å²) in [5, 5.41) is 7.58. The van der Waals surface area contributed by atoms with Gasteiger partial charge in [0, 0.05) is 32.0 Å². The van der Waals surface area contributed by atoms with Crippen LogP contribution in [0.2, 0.25) is 0 Å². The highest BCUT2D eigenvalue weighted by Gasteiger charge is 2.30. The Morgan fingerprint density at radius 2 is 2.32 bits per heavy atom. The monoisotopic (exact) mass is 263 g/mol. The molecule has 0 aliphatic carbocycles. The van der Waals surface area contributed by atoms with Gasteiger partial charge in [-0.25, -0.2) is 0 Å². The molecule has 0 spiro atoms. The Morgan fingerprint density at radius 3 is 2.89 bits per heavy atom. The molecule has 0 aromatic carbocycles. The second kappa shape index (κ2) is 6.08. The molecular weight excluding hydrogens is 238 g/mol. The Labute approximate surface area is 115 Å². The first-order chi connectivity index (χ1) is 9.11. The molecule has 1 fully saturated rings. The van der Waals surface area contributed by atoms with Crippen molar-refractivity contribution in [1.29, 1.82) is 0 Å². The molecule has 5 nitrogen and oxygen atoms in total. The number of rotatable bonds is 4. The molecule has 0 amide bonds. The smallest absolute Gasteiger partial charge is 0.193 e. The van der Waals surface area contributed by atoms with Gasteiger partial charge in [-0.3, -0.25) is 9.67 Å². The first-order valence-electron chi connectivity index (χ1n) is 7.11. The van der Waals surface area contributed by atoms with Crippen LogP contribution in [0, 0.1) is 5.41 Å². The van der Waals surface area contributed by atoms with Gasteiger partial charge in [0.05, 0.1) is 13.1 Å². The topological polar surface area (TPSA) is 45.5 Å². The van der Waals surface area contributed by atoms with Crippen LogP contribution in [0.25, 0.3) is 0 Å². The number of aliphatic imine (C=N–C) groups is 1. The van der Waals surface area contributed by atoms with Crippen molar-refractivity contribution in [2.75, 3.05) is 26.2 Å². The van der Waals surface area contributed by atoms with Gasteiger partial charge in [-0.1, -0.05) is 13.8 Å². The lowest BCUT2D eigenvalue weighted by Gasteiger charge is -2.23. The molecule has 0 atom stereocenters. The van der Waals surface area contributed by atoms with Crippen molar-refractivity contribution in [2.24, 2.45) is 10.4 Å². The van der Waals surface area contributed by atoms with E-state index in [1.54, 1.807) is 6.20 Å². The van der Waals surface area contributed by atoms with E-state index in [0.717, 1.165) is 38.7 Å². The Balaban J connectivity index is 1.91. The maximum atomic E-state index is 4.71. The van der Waals surface area contributed by atoms with Crippen LogP contribution in [-0.4, -0.2) is 46.8 Å². The molecule has 0 unspecified atom stereocenters. The van der Waals surface area contributed by atoms with E-state index in [2.05, 4.69) is 36.1 Å². The predicted molar refractivity (Wildman–Crippen MR) is 78.2 cm³/mol. The average Bonchev–Trinajstić information content (AvgIpc) is 2.97. The van der Waals surface area contributed by atoms with Crippen LogP contribution < -0.4 is 5.32 Å². The Bertz CT molecular complexity index is 407. The summed E-state index contributed by atoms with van der Waals surface area (Å²) in [5.41, 5.74) is 0.401. The van der Waals surface area contributed by atoms with E-state index < -0.39 is 0 Å². The molecule has 0 saturated carbocycles. The molecule has 1 aromatic heterocycles. The van der Waals surface area contributed by atoms with Crippen LogP contribution in [-0.2, 0) is 6.54 Å². The van der Waals surface area contributed by atoms with Crippen LogP contribution in [0.5, 0.6) is 0 Å². The second-order valence-corrected chi connectivity index (χ2v) is 5.84. The first-order valence-corrected chi connectivity index (χ1v) is 7.11. The Hall–Kier alpha value is -1.52. The van der Waals surface area contributed by atoms with Crippen LogP contribution in [0.3, 0.4) is 0 Å². The molecule has 1 saturated heterocycles. The van der Waals surface area contributed by atoms with Crippen molar-refractivity contribution in [1.82, 2.24) is 20.0 Å². The SMILES string of the molecule is CCNC(=NCCn1cccn1)N1CCC(C)(C)C1. The number of nitrogens with zero attached hydrogens (tertiary/aromatic N) is 4. The second-order valence-electron chi connectivity index (χ2n) is 5.84. The number of likely N-dealkylation sites (tertiary alicyclic amines) is 1. The molecule has 1 aliphatic heterocycles. The zero-order valence-corrected chi connectivity index (χ0v) is 12.3. The lowest BCUT2D eigenvalue weighted by molar-refractivity contribution is 0.370. The van der Waals surface area contributed by atoms with Gasteiger partial charge in [0.2, 0.25) is 0 Å². The van der Waals surface area contributed by atoms with Gasteiger partial charge in [-0.2, -0.15) is 5.10 Å². The van der Waals surface area contributed by atoms with Gasteiger partial charge in [0.25, 0.3) is 0 Å². The highest BCUT2D eigenvalue weighted by Crippen LogP contribution is 2.28. The number of guanidine groups is 1. The van der Waals surface area contributed by atoms with E-state index in [1.807, 2.05) is 16.9 Å². The van der Waals surface area contributed by atoms with Crippen molar-refractivity contribution in [3.05, 3.63) is 18.5 Å². The van der Waals surface area contributed by atoms with Crippen LogP contribution in [0.1, 0.15) is 27.2 Å². The number of hydrogen-bond acceptors (Lipinski definition) is 2. The van der Waals surface area contributed by atoms with Gasteiger partial charge in [-0.05, 0) is 24.8 Å². The first kappa shape index (κ1) is 13.9. The summed E-state index contributed by atoms with van der Waals surface area (Å²) in [6.07, 6.45) is 5.01. The Morgan fingerprint density at radius 1 is 1.47 bits per heavy atom. The minimum atomic E-state index is 0.401. The zero-order valence-electron chi connectivity index (χ0n) is 12.3. The Kier molecular flexibility index (Phi) is 4.45. The van der Waals surface area contributed by atoms with Crippen molar-refractivity contribution in [2.45, 2.75) is 33.7 Å². The van der Waals surface area contributed by atoms with E-state index in [1.165, 1.54) is 6.42 Å². The lowest BCUT2D eigenvalue weighted by Crippen LogP contribution is -2.41. The normalized spacial score (nSPS) is 18.9. The number of nitrogens with one attached hydrogen (secondary N) is 1. The maximum Gasteiger partial charge on any atom is 0.193 e. The average molecular weight is 263 g/mol. The van der Waals surface area contributed by atoms with E-state index >= 15 is 0 Å². The van der Waals surface area contributed by atoms with Gasteiger partial charge in [0.15, 0.2) is 5.96 Å². The van der Waals surface area contributed by atoms with E-state index in [9.17, 15) is 0 Å². The molecule has 2 rings (SSSR count). The zero-order chi connectivity index (χ0) is 13.7. The molecule has 1 aromatic rings. The summed E-state index contributed by atoms with van der Waals surface area (Å²) in [6, 6.07) is 1.94. The third kappa shape index (κ3) is 3.98. The fourth-order valence-corrected chi connectivity index (χ4v) is 2.41. The van der Waals surface area contributed by atoms with Crippen LogP contribution in [0.4, 0.5) is 0 Å². The molecule has 1 aliphatic rings. The lowest BCUT2D eigenvalue weighted by atomic mass is 9.93. The predicted octanol–water partition coefficient (Wildman–Crippen LogP) is 1.58. The molecule has 19 heavy (non-hydrogen) atoms. The van der Waals surface area contributed by atoms with Gasteiger partial charge >= 0.3 is 0 Å². The number of aromatic nitrogens is 2. The van der Waals surface area contributed by atoms with Crippen LogP contribution in [0.15, 0.2) is 23.5 Å². The van der Waals surface area contributed by atoms with E-state index in [-0.39, 0.29) is 0 Å². The summed E-state index contributed by atoms with van der Waals surface area (Å²) >= 11 is 0. The molecule has 0 radical (unpaired) electrons. The van der Waals surface area contributed by atoms with Crippen molar-refractivity contribution >= 4 is 5.96 Å². The van der Waals surface area contributed by atoms with E-state index in [0.29, 0.717) is 5.41 Å². The molecular formula is C14H25N5. The van der Waals surface area contributed by atoms with E-state index in [4.69, 9.17) is 4.99 Å². The fraction of sp³-hybridized carbons (Fsp3) is 0.714. The van der Waals surface area contributed by atoms with Crippen molar-refractivity contribution in [3.8, 4) is 0 Å². The summed E-state index contributed by atoms with van der Waals surface area (Å²) < 4.78 is 1.92. The van der Waals surface area contributed by atoms with Crippen molar-refractivity contribution in [3.63, 3.8) is 0 Å². The van der Waals surface area contributed by atoms with Gasteiger partial charge in [0.1, 0.15) is 0 Å². The van der Waals surface area contributed by atoms with Crippen molar-refractivity contribution < 1.29 is 0 Å². The quantitative estimate of drug-likeness (QED) is 0.662. The summed E-state index contributed by atoms with van der Waals surface area (Å²) in [6.45, 7) is 11.4. The summed E-state index contributed by atoms with van der Waals surface area (Å²) in [4.78, 5) is 7.07. The largest absolute Gasteiger partial charge is 0.357 e. The molecule has 2 heterocycles. The molecule has 1 N–H and O–H groups in total. The molecule has 5 heteroatoms. The maximum absolute atomic E-state index is 4.71. The minimum Gasteiger partial charge on any atom is -0.357 e. The fourth-order valence-electron chi connectivity index (χ4n) is 2.41. The van der Waals surface area contributed by atoms with Gasteiger partial charge in [-0.15, -0.1) is 0 Å². The minimum absolute atomic E-state index is 0.401. The summed E-state index contributed by atoms with van der Waals surface area (Å²) in [7, 11) is 0.